The maximum Gasteiger partial charge on any atom is 0.335 e. The highest BCUT2D eigenvalue weighted by Crippen LogP contribution is 2.27. The van der Waals surface area contributed by atoms with Crippen LogP contribution in [0.3, 0.4) is 0 Å². The molecule has 6 heteroatoms. The molecule has 0 fully saturated rings. The van der Waals surface area contributed by atoms with E-state index in [9.17, 15) is 13.2 Å². The molecule has 0 aliphatic heterocycles. The average Bonchev–Trinajstić information content (AvgIpc) is 2.84. The summed E-state index contributed by atoms with van der Waals surface area (Å²) < 4.78 is 29.0. The predicted molar refractivity (Wildman–Crippen MR) is 133 cm³/mol. The van der Waals surface area contributed by atoms with Crippen LogP contribution in [0.15, 0.2) is 102 Å². The molecule has 5 nitrogen and oxygen atoms in total. The first-order chi connectivity index (χ1) is 16.3. The van der Waals surface area contributed by atoms with Crippen molar-refractivity contribution in [3.05, 3.63) is 119 Å². The van der Waals surface area contributed by atoms with Crippen LogP contribution in [-0.4, -0.2) is 19.5 Å². The molecule has 0 heterocycles. The van der Waals surface area contributed by atoms with E-state index >= 15 is 0 Å². The smallest absolute Gasteiger partial charge is 0.335 e. The van der Waals surface area contributed by atoms with Crippen molar-refractivity contribution in [3.63, 3.8) is 0 Å². The monoisotopic (exact) mass is 467 g/mol. The number of sulfonamides is 1. The minimum Gasteiger partial charge on any atom is -0.478 e. The quantitative estimate of drug-likeness (QED) is 0.377. The zero-order valence-electron chi connectivity index (χ0n) is 18.3. The summed E-state index contributed by atoms with van der Waals surface area (Å²) in [6, 6.07) is 27.7. The molecule has 0 atom stereocenters. The van der Waals surface area contributed by atoms with Crippen LogP contribution in [0.1, 0.15) is 27.0 Å². The van der Waals surface area contributed by atoms with Crippen molar-refractivity contribution in [1.29, 1.82) is 0 Å². The van der Waals surface area contributed by atoms with Crippen LogP contribution in [0.25, 0.3) is 11.1 Å². The largest absolute Gasteiger partial charge is 0.478 e. The Labute approximate surface area is 198 Å². The molecule has 34 heavy (non-hydrogen) atoms. The van der Waals surface area contributed by atoms with E-state index < -0.39 is 16.0 Å². The normalized spacial score (nSPS) is 10.7. The number of hydrogen-bond donors (Lipinski definition) is 2. The number of carboxylic acid groups (broad SMARTS) is 1. The molecule has 0 aromatic heterocycles. The fourth-order valence-electron chi connectivity index (χ4n) is 3.45. The van der Waals surface area contributed by atoms with E-state index in [0.717, 1.165) is 16.7 Å². The van der Waals surface area contributed by atoms with Crippen molar-refractivity contribution in [2.45, 2.75) is 11.8 Å². The Morgan fingerprint density at radius 2 is 1.53 bits per heavy atom. The van der Waals surface area contributed by atoms with Gasteiger partial charge in [0.1, 0.15) is 0 Å². The summed E-state index contributed by atoms with van der Waals surface area (Å²) in [5, 5.41) is 9.02. The van der Waals surface area contributed by atoms with Crippen molar-refractivity contribution < 1.29 is 18.3 Å². The number of rotatable bonds is 5. The van der Waals surface area contributed by atoms with Gasteiger partial charge in [-0.3, -0.25) is 4.72 Å². The molecule has 0 radical (unpaired) electrons. The molecule has 0 bridgehead atoms. The van der Waals surface area contributed by atoms with Crippen molar-refractivity contribution in [3.8, 4) is 23.0 Å². The number of para-hydroxylation sites is 1. The van der Waals surface area contributed by atoms with Gasteiger partial charge in [0.05, 0.1) is 16.1 Å². The first-order valence-corrected chi connectivity index (χ1v) is 11.9. The van der Waals surface area contributed by atoms with E-state index in [2.05, 4.69) is 16.6 Å². The van der Waals surface area contributed by atoms with Gasteiger partial charge in [-0.1, -0.05) is 60.4 Å². The second-order valence-corrected chi connectivity index (χ2v) is 9.31. The van der Waals surface area contributed by atoms with E-state index in [1.54, 1.807) is 54.6 Å². The van der Waals surface area contributed by atoms with E-state index in [0.29, 0.717) is 16.8 Å². The molecule has 0 aliphatic carbocycles. The molecular weight excluding hydrogens is 446 g/mol. The summed E-state index contributed by atoms with van der Waals surface area (Å²) in [6.45, 7) is 1.99. The molecule has 4 aromatic carbocycles. The summed E-state index contributed by atoms with van der Waals surface area (Å²) >= 11 is 0. The molecule has 0 spiro atoms. The van der Waals surface area contributed by atoms with Gasteiger partial charge < -0.3 is 5.11 Å². The maximum atomic E-state index is 13.2. The fourth-order valence-corrected chi connectivity index (χ4v) is 4.57. The molecular formula is C28H21NO4S. The first kappa shape index (κ1) is 22.8. The number of carbonyl (C=O) groups is 1. The number of aryl methyl sites for hydroxylation is 1. The lowest BCUT2D eigenvalue weighted by Gasteiger charge is -2.12. The second kappa shape index (κ2) is 9.65. The summed E-state index contributed by atoms with van der Waals surface area (Å²) in [6.07, 6.45) is 0. The fraction of sp³-hybridized carbons (Fsp3) is 0.0357. The van der Waals surface area contributed by atoms with Crippen LogP contribution >= 0.6 is 0 Å². The molecule has 0 amide bonds. The van der Waals surface area contributed by atoms with Gasteiger partial charge in [0, 0.05) is 11.1 Å². The molecule has 4 aromatic rings. The van der Waals surface area contributed by atoms with Crippen LogP contribution < -0.4 is 4.72 Å². The number of anilines is 1. The van der Waals surface area contributed by atoms with Gasteiger partial charge in [0.2, 0.25) is 0 Å². The van der Waals surface area contributed by atoms with Crippen LogP contribution in [-0.2, 0) is 10.0 Å². The lowest BCUT2D eigenvalue weighted by atomic mass is 10.0. The molecule has 2 N–H and O–H groups in total. The number of benzene rings is 4. The summed E-state index contributed by atoms with van der Waals surface area (Å²) in [4.78, 5) is 11.2. The van der Waals surface area contributed by atoms with Crippen LogP contribution in [0.2, 0.25) is 0 Å². The van der Waals surface area contributed by atoms with Gasteiger partial charge in [-0.05, 0) is 72.1 Å². The lowest BCUT2D eigenvalue weighted by molar-refractivity contribution is 0.0697. The topological polar surface area (TPSA) is 83.5 Å². The van der Waals surface area contributed by atoms with E-state index in [1.165, 1.54) is 12.1 Å². The van der Waals surface area contributed by atoms with Crippen molar-refractivity contribution in [2.75, 3.05) is 4.72 Å². The Morgan fingerprint density at radius 1 is 0.824 bits per heavy atom. The molecule has 0 unspecified atom stereocenters. The van der Waals surface area contributed by atoms with Crippen LogP contribution in [0.5, 0.6) is 0 Å². The van der Waals surface area contributed by atoms with E-state index in [4.69, 9.17) is 5.11 Å². The second-order valence-electron chi connectivity index (χ2n) is 7.63. The minimum atomic E-state index is -3.86. The SMILES string of the molecule is Cc1ccccc1-c1cccc(S(=O)(=O)Nc2ccccc2C#Cc2ccc(C(=O)O)cc2)c1. The van der Waals surface area contributed by atoms with Gasteiger partial charge in [-0.25, -0.2) is 13.2 Å². The van der Waals surface area contributed by atoms with Crippen molar-refractivity contribution in [1.82, 2.24) is 0 Å². The Balaban J connectivity index is 1.62. The Kier molecular flexibility index (Phi) is 6.48. The molecule has 0 aliphatic rings. The third-order valence-corrected chi connectivity index (χ3v) is 6.61. The van der Waals surface area contributed by atoms with Gasteiger partial charge in [0.15, 0.2) is 0 Å². The average molecular weight is 468 g/mol. The van der Waals surface area contributed by atoms with Crippen molar-refractivity contribution in [2.24, 2.45) is 0 Å². The summed E-state index contributed by atoms with van der Waals surface area (Å²) in [5.74, 6) is 4.92. The van der Waals surface area contributed by atoms with Gasteiger partial charge in [-0.2, -0.15) is 0 Å². The molecule has 0 saturated carbocycles. The van der Waals surface area contributed by atoms with E-state index in [1.807, 2.05) is 37.3 Å². The third-order valence-electron chi connectivity index (χ3n) is 5.25. The predicted octanol–water partition coefficient (Wildman–Crippen LogP) is 5.56. The Bertz CT molecular complexity index is 1530. The van der Waals surface area contributed by atoms with E-state index in [-0.39, 0.29) is 10.5 Å². The molecule has 0 saturated heterocycles. The highest BCUT2D eigenvalue weighted by Gasteiger charge is 2.17. The van der Waals surface area contributed by atoms with Crippen LogP contribution in [0.4, 0.5) is 5.69 Å². The number of aromatic carboxylic acids is 1. The van der Waals surface area contributed by atoms with Gasteiger partial charge in [-0.15, -0.1) is 0 Å². The highest BCUT2D eigenvalue weighted by molar-refractivity contribution is 7.92. The summed E-state index contributed by atoms with van der Waals surface area (Å²) in [5.41, 5.74) is 4.50. The molecule has 4 rings (SSSR count). The Hall–Kier alpha value is -4.34. The zero-order chi connectivity index (χ0) is 24.1. The summed E-state index contributed by atoms with van der Waals surface area (Å²) in [7, 11) is -3.86. The van der Waals surface area contributed by atoms with Gasteiger partial charge >= 0.3 is 5.97 Å². The number of carboxylic acids is 1. The highest BCUT2D eigenvalue weighted by atomic mass is 32.2. The van der Waals surface area contributed by atoms with Crippen molar-refractivity contribution >= 4 is 21.7 Å². The first-order valence-electron chi connectivity index (χ1n) is 10.5. The number of hydrogen-bond acceptors (Lipinski definition) is 3. The minimum absolute atomic E-state index is 0.153. The van der Waals surface area contributed by atoms with Crippen LogP contribution in [0, 0.1) is 18.8 Å². The molecule has 168 valence electrons. The standard InChI is InChI=1S/C28H21NO4S/c1-20-7-2-4-11-26(20)24-9-6-10-25(19-24)34(32,33)29-27-12-5-3-8-22(27)16-13-21-14-17-23(18-15-21)28(30)31/h2-12,14-15,17-19,29H,1H3,(H,30,31). The zero-order valence-corrected chi connectivity index (χ0v) is 19.1. The maximum absolute atomic E-state index is 13.2. The third kappa shape index (κ3) is 5.17. The lowest BCUT2D eigenvalue weighted by Crippen LogP contribution is -2.14. The van der Waals surface area contributed by atoms with Gasteiger partial charge in [0.25, 0.3) is 10.0 Å². The Morgan fingerprint density at radius 3 is 2.26 bits per heavy atom. The number of nitrogens with one attached hydrogen (secondary N) is 1.